The van der Waals surface area contributed by atoms with Crippen LogP contribution in [0.5, 0.6) is 0 Å². The van der Waals surface area contributed by atoms with Crippen molar-refractivity contribution < 1.29 is 23.5 Å². The Bertz CT molecular complexity index is 1130. The van der Waals surface area contributed by atoms with E-state index < -0.39 is 12.3 Å². The fourth-order valence-electron chi connectivity index (χ4n) is 4.47. The monoisotopic (exact) mass is 505 g/mol. The molecule has 1 aliphatic heterocycles. The lowest BCUT2D eigenvalue weighted by Crippen LogP contribution is -2.49. The van der Waals surface area contributed by atoms with Gasteiger partial charge in [-0.3, -0.25) is 10.1 Å². The van der Waals surface area contributed by atoms with Gasteiger partial charge in [-0.1, -0.05) is 66.7 Å². The largest absolute Gasteiger partial charge is 0.428 e. The van der Waals surface area contributed by atoms with E-state index in [1.165, 1.54) is 13.1 Å². The van der Waals surface area contributed by atoms with Gasteiger partial charge in [0.1, 0.15) is 5.82 Å². The summed E-state index contributed by atoms with van der Waals surface area (Å²) in [6.45, 7) is 0.674. The van der Waals surface area contributed by atoms with Crippen LogP contribution in [0, 0.1) is 5.82 Å². The van der Waals surface area contributed by atoms with Gasteiger partial charge in [-0.05, 0) is 36.1 Å². The van der Waals surface area contributed by atoms with E-state index in [0.29, 0.717) is 30.6 Å². The van der Waals surface area contributed by atoms with Gasteiger partial charge in [-0.25, -0.2) is 9.18 Å². The third-order valence-electron chi connectivity index (χ3n) is 6.41. The van der Waals surface area contributed by atoms with E-state index in [1.807, 2.05) is 60.7 Å². The van der Waals surface area contributed by atoms with Crippen molar-refractivity contribution in [3.63, 3.8) is 0 Å². The first-order valence-electron chi connectivity index (χ1n) is 12.4. The minimum atomic E-state index is -0.534. The van der Waals surface area contributed by atoms with Crippen molar-refractivity contribution in [1.82, 2.24) is 10.6 Å². The van der Waals surface area contributed by atoms with E-state index in [1.54, 1.807) is 12.1 Å². The van der Waals surface area contributed by atoms with E-state index >= 15 is 0 Å². The van der Waals surface area contributed by atoms with Gasteiger partial charge >= 0.3 is 6.09 Å². The Morgan fingerprint density at radius 3 is 2.30 bits per heavy atom. The number of rotatable bonds is 9. The number of morpholine rings is 1. The average Bonchev–Trinajstić information content (AvgIpc) is 2.93. The van der Waals surface area contributed by atoms with Crippen LogP contribution in [-0.4, -0.2) is 44.5 Å². The summed E-state index contributed by atoms with van der Waals surface area (Å²) < 4.78 is 25.7. The van der Waals surface area contributed by atoms with Gasteiger partial charge in [0, 0.05) is 37.2 Å². The average molecular weight is 506 g/mol. The molecule has 0 spiro atoms. The Hall–Kier alpha value is -3.75. The zero-order chi connectivity index (χ0) is 26.0. The highest BCUT2D eigenvalue weighted by Gasteiger charge is 2.25. The number of benzene rings is 3. The molecular weight excluding hydrogens is 473 g/mol. The molecular formula is C29H32FN3O4. The molecule has 4 rings (SSSR count). The Labute approximate surface area is 216 Å². The van der Waals surface area contributed by atoms with Crippen LogP contribution in [0.25, 0.3) is 0 Å². The predicted octanol–water partition coefficient (Wildman–Crippen LogP) is 4.59. The van der Waals surface area contributed by atoms with Gasteiger partial charge in [0.05, 0.1) is 12.7 Å². The molecule has 1 heterocycles. The number of amides is 2. The lowest BCUT2D eigenvalue weighted by Gasteiger charge is -2.30. The number of alkyl carbamates (subject to hydrolysis) is 1. The molecule has 1 aliphatic rings. The SMILES string of the molecule is CNC(=O)O[C@H]1CO[C@H](CCc2c(F)cccc2NC(=O)CC(c2ccccc2)c2ccccc2)CN1. The predicted molar refractivity (Wildman–Crippen MR) is 140 cm³/mol. The van der Waals surface area contributed by atoms with Gasteiger partial charge in [-0.2, -0.15) is 0 Å². The number of carbonyl (C=O) groups is 2. The molecule has 7 nitrogen and oxygen atoms in total. The van der Waals surface area contributed by atoms with E-state index in [4.69, 9.17) is 9.47 Å². The van der Waals surface area contributed by atoms with Crippen molar-refractivity contribution in [1.29, 1.82) is 0 Å². The summed E-state index contributed by atoms with van der Waals surface area (Å²) in [5, 5.41) is 8.45. The van der Waals surface area contributed by atoms with Crippen molar-refractivity contribution in [2.75, 3.05) is 25.5 Å². The maximum Gasteiger partial charge on any atom is 0.408 e. The van der Waals surface area contributed by atoms with Gasteiger partial charge in [0.25, 0.3) is 0 Å². The first-order valence-corrected chi connectivity index (χ1v) is 12.4. The molecule has 0 aliphatic carbocycles. The number of halogens is 1. The smallest absolute Gasteiger partial charge is 0.408 e. The van der Waals surface area contributed by atoms with E-state index in [9.17, 15) is 14.0 Å². The Kier molecular flexibility index (Phi) is 9.24. The molecule has 3 N–H and O–H groups in total. The first kappa shape index (κ1) is 26.3. The second kappa shape index (κ2) is 13.0. The van der Waals surface area contributed by atoms with Crippen molar-refractivity contribution >= 4 is 17.7 Å². The number of anilines is 1. The molecule has 0 radical (unpaired) electrons. The van der Waals surface area contributed by atoms with E-state index in [0.717, 1.165) is 11.1 Å². The summed E-state index contributed by atoms with van der Waals surface area (Å²) >= 11 is 0. The number of carbonyl (C=O) groups excluding carboxylic acids is 2. The zero-order valence-electron chi connectivity index (χ0n) is 20.8. The van der Waals surface area contributed by atoms with Crippen molar-refractivity contribution in [2.45, 2.75) is 37.5 Å². The number of nitrogens with one attached hydrogen (secondary N) is 3. The van der Waals surface area contributed by atoms with Gasteiger partial charge in [-0.15, -0.1) is 0 Å². The summed E-state index contributed by atoms with van der Waals surface area (Å²) in [7, 11) is 1.49. The van der Waals surface area contributed by atoms with Crippen LogP contribution in [0.2, 0.25) is 0 Å². The molecule has 1 saturated heterocycles. The quantitative estimate of drug-likeness (QED) is 0.396. The topological polar surface area (TPSA) is 88.7 Å². The third-order valence-corrected chi connectivity index (χ3v) is 6.41. The molecule has 0 saturated carbocycles. The third kappa shape index (κ3) is 7.38. The molecule has 2 atom stereocenters. The van der Waals surface area contributed by atoms with Gasteiger partial charge in [0.15, 0.2) is 6.23 Å². The van der Waals surface area contributed by atoms with Crippen LogP contribution in [0.1, 0.15) is 35.4 Å². The molecule has 0 bridgehead atoms. The maximum absolute atomic E-state index is 14.8. The Morgan fingerprint density at radius 1 is 1.03 bits per heavy atom. The second-order valence-electron chi connectivity index (χ2n) is 8.94. The van der Waals surface area contributed by atoms with Crippen LogP contribution in [0.4, 0.5) is 14.9 Å². The fourth-order valence-corrected chi connectivity index (χ4v) is 4.47. The van der Waals surface area contributed by atoms with E-state index in [-0.39, 0.29) is 36.8 Å². The van der Waals surface area contributed by atoms with Crippen LogP contribution in [-0.2, 0) is 20.7 Å². The minimum absolute atomic E-state index is 0.119. The molecule has 194 valence electrons. The molecule has 3 aromatic carbocycles. The van der Waals surface area contributed by atoms with Crippen molar-refractivity contribution in [2.24, 2.45) is 0 Å². The van der Waals surface area contributed by atoms with E-state index in [2.05, 4.69) is 16.0 Å². The molecule has 0 aromatic heterocycles. The molecule has 2 amide bonds. The highest BCUT2D eigenvalue weighted by molar-refractivity contribution is 5.92. The van der Waals surface area contributed by atoms with Crippen LogP contribution in [0.15, 0.2) is 78.9 Å². The molecule has 3 aromatic rings. The Morgan fingerprint density at radius 2 is 1.70 bits per heavy atom. The summed E-state index contributed by atoms with van der Waals surface area (Å²) in [5.41, 5.74) is 3.00. The lowest BCUT2D eigenvalue weighted by atomic mass is 9.88. The molecule has 37 heavy (non-hydrogen) atoms. The zero-order valence-corrected chi connectivity index (χ0v) is 20.8. The fraction of sp³-hybridized carbons (Fsp3) is 0.310. The number of hydrogen-bond donors (Lipinski definition) is 3. The van der Waals surface area contributed by atoms with Crippen molar-refractivity contribution in [3.05, 3.63) is 101 Å². The van der Waals surface area contributed by atoms with Crippen LogP contribution >= 0.6 is 0 Å². The summed E-state index contributed by atoms with van der Waals surface area (Å²) in [6, 6.07) is 24.5. The summed E-state index contributed by atoms with van der Waals surface area (Å²) in [4.78, 5) is 24.5. The number of ether oxygens (including phenoxy) is 2. The van der Waals surface area contributed by atoms with Gasteiger partial charge < -0.3 is 20.1 Å². The molecule has 8 heteroatoms. The highest BCUT2D eigenvalue weighted by atomic mass is 19.1. The van der Waals surface area contributed by atoms with Crippen molar-refractivity contribution in [3.8, 4) is 0 Å². The standard InChI is InChI=1S/C29H32FN3O4/c1-31-29(35)37-28-19-36-22(18-32-28)15-16-23-25(30)13-8-14-26(23)33-27(34)17-24(20-9-4-2-5-10-20)21-11-6-3-7-12-21/h2-14,22,24,28,32H,15-19H2,1H3,(H,31,35)(H,33,34)/t22-,28+/m1/s1. The summed E-state index contributed by atoms with van der Waals surface area (Å²) in [5.74, 6) is -0.675. The van der Waals surface area contributed by atoms with Crippen LogP contribution < -0.4 is 16.0 Å². The van der Waals surface area contributed by atoms with Crippen LogP contribution in [0.3, 0.4) is 0 Å². The highest BCUT2D eigenvalue weighted by Crippen LogP contribution is 2.29. The molecule has 1 fully saturated rings. The Balaban J connectivity index is 1.39. The second-order valence-corrected chi connectivity index (χ2v) is 8.94. The minimum Gasteiger partial charge on any atom is -0.428 e. The normalized spacial score (nSPS) is 17.3. The lowest BCUT2D eigenvalue weighted by molar-refractivity contribution is -0.116. The maximum atomic E-state index is 14.8. The number of hydrogen-bond acceptors (Lipinski definition) is 5. The molecule has 0 unspecified atom stereocenters. The summed E-state index contributed by atoms with van der Waals surface area (Å²) in [6.07, 6.45) is -0.0777. The van der Waals surface area contributed by atoms with Gasteiger partial charge in [0.2, 0.25) is 5.91 Å². The first-order chi connectivity index (χ1) is 18.0.